The van der Waals surface area contributed by atoms with Gasteiger partial charge >= 0.3 is 12.7 Å². The first-order chi connectivity index (χ1) is 5.25. The zero-order valence-electron chi connectivity index (χ0n) is 6.60. The van der Waals surface area contributed by atoms with Gasteiger partial charge < -0.3 is 9.84 Å². The first-order valence-electron chi connectivity index (χ1n) is 3.29. The fourth-order valence-electron chi connectivity index (χ4n) is 0.751. The predicted molar refractivity (Wildman–Crippen MR) is 32.9 cm³/mol. The van der Waals surface area contributed by atoms with Crippen molar-refractivity contribution in [3.8, 4) is 0 Å². The lowest BCUT2D eigenvalue weighted by Gasteiger charge is -2.24. The van der Waals surface area contributed by atoms with E-state index in [9.17, 15) is 17.6 Å². The van der Waals surface area contributed by atoms with Crippen molar-refractivity contribution in [3.63, 3.8) is 0 Å². The van der Waals surface area contributed by atoms with Crippen LogP contribution >= 0.6 is 0 Å². The van der Waals surface area contributed by atoms with Crippen LogP contribution in [-0.4, -0.2) is 23.9 Å². The zero-order valence-corrected chi connectivity index (χ0v) is 6.60. The maximum Gasteiger partial charge on any atom is 0.379 e. The zero-order chi connectivity index (χ0) is 9.94. The third-order valence-corrected chi connectivity index (χ3v) is 1.20. The molecule has 0 spiro atoms. The van der Waals surface area contributed by atoms with Gasteiger partial charge in [0.2, 0.25) is 0 Å². The largest absolute Gasteiger partial charge is 0.379 e. The minimum Gasteiger partial charge on any atom is -0.334 e. The van der Waals surface area contributed by atoms with E-state index in [4.69, 9.17) is 5.11 Å². The van der Waals surface area contributed by atoms with Crippen LogP contribution in [0.3, 0.4) is 0 Å². The van der Waals surface area contributed by atoms with E-state index < -0.39 is 24.7 Å². The van der Waals surface area contributed by atoms with E-state index in [1.54, 1.807) is 0 Å². The Morgan fingerprint density at radius 2 is 1.67 bits per heavy atom. The molecule has 6 heteroatoms. The summed E-state index contributed by atoms with van der Waals surface area (Å²) in [6, 6.07) is 0. The van der Waals surface area contributed by atoms with E-state index >= 15 is 0 Å². The van der Waals surface area contributed by atoms with Gasteiger partial charge in [0.15, 0.2) is 6.10 Å². The number of aliphatic hydroxyl groups is 1. The van der Waals surface area contributed by atoms with Gasteiger partial charge in [-0.3, -0.25) is 0 Å². The first-order valence-corrected chi connectivity index (χ1v) is 3.29. The van der Waals surface area contributed by atoms with Crippen LogP contribution in [0, 0.1) is 5.92 Å². The minimum absolute atomic E-state index is 0.890. The molecule has 0 radical (unpaired) electrons. The second kappa shape index (κ2) is 4.04. The molecule has 0 aliphatic heterocycles. The summed E-state index contributed by atoms with van der Waals surface area (Å²) in [6.07, 6.45) is -6.40. The quantitative estimate of drug-likeness (QED) is 0.685. The van der Waals surface area contributed by atoms with Crippen molar-refractivity contribution < 1.29 is 27.4 Å². The Morgan fingerprint density at radius 3 is 1.75 bits per heavy atom. The molecule has 0 bridgehead atoms. The number of alkyl halides is 4. The molecule has 0 fully saturated rings. The highest BCUT2D eigenvalue weighted by Crippen LogP contribution is 2.25. The molecular formula is C6H10F4O2. The number of hydrogen-bond acceptors (Lipinski definition) is 2. The minimum atomic E-state index is -4.23. The van der Waals surface area contributed by atoms with Crippen LogP contribution in [0.1, 0.15) is 13.8 Å². The van der Waals surface area contributed by atoms with Crippen LogP contribution in [0.4, 0.5) is 17.6 Å². The van der Waals surface area contributed by atoms with Gasteiger partial charge in [0.25, 0.3) is 0 Å². The summed E-state index contributed by atoms with van der Waals surface area (Å²) < 4.78 is 50.8. The third kappa shape index (κ3) is 3.87. The average Bonchev–Trinajstić information content (AvgIpc) is 1.79. The van der Waals surface area contributed by atoms with Gasteiger partial charge in [-0.2, -0.15) is 17.6 Å². The van der Waals surface area contributed by atoms with E-state index in [0.717, 1.165) is 0 Å². The Hall–Kier alpha value is -0.360. The van der Waals surface area contributed by atoms with Gasteiger partial charge in [-0.25, -0.2) is 0 Å². The molecule has 0 saturated heterocycles. The van der Waals surface area contributed by atoms with Crippen molar-refractivity contribution in [2.75, 3.05) is 0 Å². The first kappa shape index (κ1) is 11.6. The van der Waals surface area contributed by atoms with Crippen molar-refractivity contribution in [2.45, 2.75) is 32.7 Å². The van der Waals surface area contributed by atoms with Gasteiger partial charge in [0, 0.05) is 0 Å². The van der Waals surface area contributed by atoms with E-state index in [2.05, 4.69) is 4.74 Å². The molecule has 0 aromatic heterocycles. The van der Waals surface area contributed by atoms with Crippen molar-refractivity contribution >= 4 is 0 Å². The van der Waals surface area contributed by atoms with Crippen molar-refractivity contribution in [3.05, 3.63) is 0 Å². The molecular weight excluding hydrogens is 180 g/mol. The van der Waals surface area contributed by atoms with Crippen molar-refractivity contribution in [1.82, 2.24) is 0 Å². The molecule has 1 unspecified atom stereocenters. The summed E-state index contributed by atoms with van der Waals surface area (Å²) in [6.45, 7) is -0.815. The maximum absolute atomic E-state index is 12.1. The molecule has 0 aliphatic carbocycles. The molecule has 1 atom stereocenters. The molecule has 1 N–H and O–H groups in total. The van der Waals surface area contributed by atoms with Gasteiger partial charge in [0.05, 0.1) is 0 Å². The standard InChI is InChI=1S/C6H10F4O2/c1-3(2)4(6(9,10)11)12-5(7)8/h3-5,11H,1-2H3. The summed E-state index contributed by atoms with van der Waals surface area (Å²) >= 11 is 0. The maximum atomic E-state index is 12.1. The molecule has 12 heavy (non-hydrogen) atoms. The third-order valence-electron chi connectivity index (χ3n) is 1.20. The molecule has 0 aliphatic rings. The SMILES string of the molecule is CC(C)C(OC(F)F)C(O)(F)F. The summed E-state index contributed by atoms with van der Waals surface area (Å²) in [5, 5.41) is 8.11. The lowest BCUT2D eigenvalue weighted by molar-refractivity contribution is -0.316. The number of hydrogen-bond donors (Lipinski definition) is 1. The monoisotopic (exact) mass is 190 g/mol. The van der Waals surface area contributed by atoms with E-state index in [0.29, 0.717) is 0 Å². The second-order valence-corrected chi connectivity index (χ2v) is 2.65. The Balaban J connectivity index is 4.25. The summed E-state index contributed by atoms with van der Waals surface area (Å²) in [7, 11) is 0. The molecule has 74 valence electrons. The fourth-order valence-corrected chi connectivity index (χ4v) is 0.751. The molecule has 0 amide bonds. The van der Waals surface area contributed by atoms with Crippen LogP contribution in [0.5, 0.6) is 0 Å². The summed E-state index contributed by atoms with van der Waals surface area (Å²) in [5.74, 6) is -0.890. The van der Waals surface area contributed by atoms with Gasteiger partial charge in [0.1, 0.15) is 0 Å². The van der Waals surface area contributed by atoms with Crippen molar-refractivity contribution in [1.29, 1.82) is 0 Å². The molecule has 2 nitrogen and oxygen atoms in total. The predicted octanol–water partition coefficient (Wildman–Crippen LogP) is 1.84. The highest BCUT2D eigenvalue weighted by molar-refractivity contribution is 4.70. The van der Waals surface area contributed by atoms with Gasteiger partial charge in [-0.15, -0.1) is 0 Å². The van der Waals surface area contributed by atoms with Crippen LogP contribution in [0.25, 0.3) is 0 Å². The molecule has 0 heterocycles. The normalized spacial score (nSPS) is 15.8. The molecule has 0 saturated carbocycles. The lowest BCUT2D eigenvalue weighted by atomic mass is 10.1. The van der Waals surface area contributed by atoms with E-state index in [-0.39, 0.29) is 0 Å². The second-order valence-electron chi connectivity index (χ2n) is 2.65. The highest BCUT2D eigenvalue weighted by Gasteiger charge is 2.42. The number of halogens is 4. The molecule has 0 aromatic rings. The van der Waals surface area contributed by atoms with E-state index in [1.165, 1.54) is 13.8 Å². The average molecular weight is 190 g/mol. The van der Waals surface area contributed by atoms with Crippen LogP contribution in [0.15, 0.2) is 0 Å². The fraction of sp³-hybridized carbons (Fsp3) is 1.00. The van der Waals surface area contributed by atoms with Crippen LogP contribution in [-0.2, 0) is 4.74 Å². The Kier molecular flexibility index (Phi) is 3.92. The lowest BCUT2D eigenvalue weighted by Crippen LogP contribution is -2.40. The number of ether oxygens (including phenoxy) is 1. The van der Waals surface area contributed by atoms with Crippen LogP contribution < -0.4 is 0 Å². The highest BCUT2D eigenvalue weighted by atomic mass is 19.3. The van der Waals surface area contributed by atoms with Gasteiger partial charge in [-0.1, -0.05) is 13.8 Å². The summed E-state index contributed by atoms with van der Waals surface area (Å²) in [4.78, 5) is 0. The smallest absolute Gasteiger partial charge is 0.334 e. The van der Waals surface area contributed by atoms with Crippen molar-refractivity contribution in [2.24, 2.45) is 5.92 Å². The molecule has 0 aromatic carbocycles. The van der Waals surface area contributed by atoms with Crippen LogP contribution in [0.2, 0.25) is 0 Å². The Bertz CT molecular complexity index is 132. The number of rotatable bonds is 4. The Labute approximate surface area is 67.1 Å². The summed E-state index contributed by atoms with van der Waals surface area (Å²) in [5.41, 5.74) is 0. The Morgan fingerprint density at radius 1 is 1.25 bits per heavy atom. The topological polar surface area (TPSA) is 29.5 Å². The molecule has 0 rings (SSSR count). The van der Waals surface area contributed by atoms with E-state index in [1.807, 2.05) is 0 Å². The van der Waals surface area contributed by atoms with Gasteiger partial charge in [-0.05, 0) is 5.92 Å².